The monoisotopic (exact) mass is 196 g/mol. The Hall–Kier alpha value is -0.140. The third-order valence-electron chi connectivity index (χ3n) is 1.42. The SMILES string of the molecule is O=C[C@H](O)[C@@H](S)[C@H](O)[C@H](O)CO. The second kappa shape index (κ2) is 5.50. The fraction of sp³-hybridized carbons (Fsp3) is 0.833. The number of aliphatic hydroxyl groups excluding tert-OH is 4. The number of hydrogen-bond donors (Lipinski definition) is 5. The minimum atomic E-state index is -1.45. The van der Waals surface area contributed by atoms with Gasteiger partial charge in [0.25, 0.3) is 0 Å². The topological polar surface area (TPSA) is 98.0 Å². The lowest BCUT2D eigenvalue weighted by Crippen LogP contribution is -2.43. The van der Waals surface area contributed by atoms with E-state index in [9.17, 15) is 4.79 Å². The van der Waals surface area contributed by atoms with Crippen LogP contribution in [0.15, 0.2) is 0 Å². The molecule has 0 aromatic rings. The number of aliphatic hydroxyl groups is 4. The number of carbonyl (C=O) groups excluding carboxylic acids is 1. The smallest absolute Gasteiger partial charge is 0.149 e. The van der Waals surface area contributed by atoms with Crippen molar-refractivity contribution in [3.05, 3.63) is 0 Å². The normalized spacial score (nSPS) is 21.1. The molecule has 72 valence electrons. The first kappa shape index (κ1) is 11.9. The average molecular weight is 196 g/mol. The van der Waals surface area contributed by atoms with E-state index in [0.29, 0.717) is 0 Å². The van der Waals surface area contributed by atoms with Gasteiger partial charge in [0.05, 0.1) is 18.0 Å². The lowest BCUT2D eigenvalue weighted by Gasteiger charge is -2.22. The van der Waals surface area contributed by atoms with Crippen LogP contribution in [-0.4, -0.2) is 56.9 Å². The van der Waals surface area contributed by atoms with Crippen LogP contribution in [0.2, 0.25) is 0 Å². The van der Waals surface area contributed by atoms with Crippen molar-refractivity contribution in [2.45, 2.75) is 23.6 Å². The summed E-state index contributed by atoms with van der Waals surface area (Å²) in [6, 6.07) is 0. The third-order valence-corrected chi connectivity index (χ3v) is 2.03. The van der Waals surface area contributed by atoms with E-state index in [0.717, 1.165) is 0 Å². The van der Waals surface area contributed by atoms with Gasteiger partial charge in [0.1, 0.15) is 18.5 Å². The molecule has 0 aromatic heterocycles. The van der Waals surface area contributed by atoms with E-state index in [1.807, 2.05) is 0 Å². The molecule has 0 aliphatic heterocycles. The number of carbonyl (C=O) groups is 1. The molecule has 0 bridgehead atoms. The molecule has 0 saturated heterocycles. The number of aldehydes is 1. The predicted octanol–water partition coefficient (Wildman–Crippen LogP) is -2.44. The van der Waals surface area contributed by atoms with Crippen LogP contribution < -0.4 is 0 Å². The van der Waals surface area contributed by atoms with Crippen molar-refractivity contribution < 1.29 is 25.2 Å². The summed E-state index contributed by atoms with van der Waals surface area (Å²) in [5, 5.41) is 34.1. The quantitative estimate of drug-likeness (QED) is 0.248. The van der Waals surface area contributed by atoms with Crippen LogP contribution in [-0.2, 0) is 4.79 Å². The molecule has 0 heterocycles. The molecule has 0 unspecified atom stereocenters. The summed E-state index contributed by atoms with van der Waals surface area (Å²) >= 11 is 3.69. The lowest BCUT2D eigenvalue weighted by atomic mass is 10.1. The highest BCUT2D eigenvalue weighted by molar-refractivity contribution is 7.81. The molecule has 0 fully saturated rings. The maximum absolute atomic E-state index is 10.0. The molecule has 0 aromatic carbocycles. The average Bonchev–Trinajstić information content (AvgIpc) is 2.12. The molecule has 12 heavy (non-hydrogen) atoms. The highest BCUT2D eigenvalue weighted by Crippen LogP contribution is 2.09. The third kappa shape index (κ3) is 3.08. The van der Waals surface area contributed by atoms with Gasteiger partial charge in [-0.25, -0.2) is 0 Å². The van der Waals surface area contributed by atoms with Crippen LogP contribution in [0.25, 0.3) is 0 Å². The van der Waals surface area contributed by atoms with Gasteiger partial charge < -0.3 is 25.2 Å². The Morgan fingerprint density at radius 3 is 2.17 bits per heavy atom. The summed E-state index contributed by atoms with van der Waals surface area (Å²) in [5.74, 6) is 0. The zero-order valence-corrected chi connectivity index (χ0v) is 7.13. The van der Waals surface area contributed by atoms with Gasteiger partial charge in [-0.15, -0.1) is 0 Å². The van der Waals surface area contributed by atoms with Crippen LogP contribution in [0.1, 0.15) is 0 Å². The molecular weight excluding hydrogens is 184 g/mol. The zero-order valence-electron chi connectivity index (χ0n) is 6.24. The maximum atomic E-state index is 10.0. The molecule has 0 radical (unpaired) electrons. The number of hydrogen-bond acceptors (Lipinski definition) is 6. The van der Waals surface area contributed by atoms with Crippen molar-refractivity contribution in [3.8, 4) is 0 Å². The molecular formula is C6H12O5S. The first-order chi connectivity index (χ1) is 5.54. The summed E-state index contributed by atoms with van der Waals surface area (Å²) in [6.45, 7) is -0.649. The van der Waals surface area contributed by atoms with Crippen molar-refractivity contribution in [2.24, 2.45) is 0 Å². The van der Waals surface area contributed by atoms with Crippen molar-refractivity contribution in [3.63, 3.8) is 0 Å². The van der Waals surface area contributed by atoms with Gasteiger partial charge in [0.15, 0.2) is 0 Å². The zero-order chi connectivity index (χ0) is 9.72. The Bertz CT molecular complexity index is 142. The van der Waals surface area contributed by atoms with Crippen molar-refractivity contribution >= 4 is 18.9 Å². The molecule has 0 rings (SSSR count). The number of thiol groups is 1. The van der Waals surface area contributed by atoms with Crippen LogP contribution in [0.4, 0.5) is 0 Å². The largest absolute Gasteiger partial charge is 0.394 e. The van der Waals surface area contributed by atoms with E-state index in [1.54, 1.807) is 0 Å². The lowest BCUT2D eigenvalue weighted by molar-refractivity contribution is -0.117. The van der Waals surface area contributed by atoms with E-state index in [2.05, 4.69) is 12.6 Å². The highest BCUT2D eigenvalue weighted by Gasteiger charge is 2.28. The molecule has 4 atom stereocenters. The first-order valence-electron chi connectivity index (χ1n) is 3.33. The van der Waals surface area contributed by atoms with E-state index < -0.39 is 30.2 Å². The van der Waals surface area contributed by atoms with Gasteiger partial charge in [-0.05, 0) is 0 Å². The first-order valence-corrected chi connectivity index (χ1v) is 3.84. The summed E-state index contributed by atoms with van der Waals surface area (Å²) in [6.07, 6.45) is -4.09. The van der Waals surface area contributed by atoms with Gasteiger partial charge in [0.2, 0.25) is 0 Å². The Balaban J connectivity index is 4.07. The van der Waals surface area contributed by atoms with Crippen LogP contribution in [0.5, 0.6) is 0 Å². The number of rotatable bonds is 5. The minimum absolute atomic E-state index is 0.199. The molecule has 5 nitrogen and oxygen atoms in total. The Labute approximate surface area is 75.1 Å². The highest BCUT2D eigenvalue weighted by atomic mass is 32.1. The van der Waals surface area contributed by atoms with E-state index in [4.69, 9.17) is 20.4 Å². The Kier molecular flexibility index (Phi) is 5.43. The second-order valence-corrected chi connectivity index (χ2v) is 2.95. The van der Waals surface area contributed by atoms with Crippen molar-refractivity contribution in [1.82, 2.24) is 0 Å². The molecule has 4 N–H and O–H groups in total. The van der Waals surface area contributed by atoms with Gasteiger partial charge in [-0.3, -0.25) is 0 Å². The van der Waals surface area contributed by atoms with E-state index in [1.165, 1.54) is 0 Å². The standard InChI is InChI=1S/C6H12O5S/c7-1-3(9)5(11)6(12)4(10)2-8/h2-7,9-12H,1H2/t3-,4+,5-,6-/m1/s1. The second-order valence-electron chi connectivity index (χ2n) is 2.36. The van der Waals surface area contributed by atoms with Crippen molar-refractivity contribution in [2.75, 3.05) is 6.61 Å². The molecule has 0 aliphatic carbocycles. The van der Waals surface area contributed by atoms with E-state index in [-0.39, 0.29) is 6.29 Å². The van der Waals surface area contributed by atoms with Crippen LogP contribution >= 0.6 is 12.6 Å². The Morgan fingerprint density at radius 2 is 1.83 bits per heavy atom. The molecule has 6 heteroatoms. The predicted molar refractivity (Wildman–Crippen MR) is 43.9 cm³/mol. The summed E-state index contributed by atoms with van der Waals surface area (Å²) in [7, 11) is 0. The van der Waals surface area contributed by atoms with Gasteiger partial charge in [-0.1, -0.05) is 0 Å². The van der Waals surface area contributed by atoms with Crippen LogP contribution in [0, 0.1) is 0 Å². The fourth-order valence-electron chi connectivity index (χ4n) is 0.618. The fourth-order valence-corrected chi connectivity index (χ4v) is 0.887. The summed E-state index contributed by atoms with van der Waals surface area (Å²) in [5.41, 5.74) is 0. The van der Waals surface area contributed by atoms with Crippen molar-refractivity contribution in [1.29, 1.82) is 0 Å². The van der Waals surface area contributed by atoms with Gasteiger partial charge in [-0.2, -0.15) is 12.6 Å². The minimum Gasteiger partial charge on any atom is -0.394 e. The molecule has 0 spiro atoms. The molecule has 0 aliphatic rings. The van der Waals surface area contributed by atoms with Gasteiger partial charge in [0, 0.05) is 0 Å². The maximum Gasteiger partial charge on any atom is 0.149 e. The summed E-state index contributed by atoms with van der Waals surface area (Å²) < 4.78 is 0. The summed E-state index contributed by atoms with van der Waals surface area (Å²) in [4.78, 5) is 10.0. The molecule has 0 saturated carbocycles. The van der Waals surface area contributed by atoms with E-state index >= 15 is 0 Å². The Morgan fingerprint density at radius 1 is 1.33 bits per heavy atom. The van der Waals surface area contributed by atoms with Gasteiger partial charge >= 0.3 is 0 Å². The molecule has 0 amide bonds. The van der Waals surface area contributed by atoms with Crippen LogP contribution in [0.3, 0.4) is 0 Å².